The van der Waals surface area contributed by atoms with Gasteiger partial charge in [-0.1, -0.05) is 18.2 Å². The zero-order valence-corrected chi connectivity index (χ0v) is 11.1. The molecule has 2 aliphatic heterocycles. The molecule has 0 spiro atoms. The molecule has 1 fully saturated rings. The summed E-state index contributed by atoms with van der Waals surface area (Å²) in [6.45, 7) is 2.08. The number of nitrogens with zero attached hydrogens (tertiary/aromatic N) is 2. The summed E-state index contributed by atoms with van der Waals surface area (Å²) in [5, 5.41) is 8.91. The van der Waals surface area contributed by atoms with Gasteiger partial charge in [-0.25, -0.2) is 0 Å². The van der Waals surface area contributed by atoms with Crippen LogP contribution in [-0.4, -0.2) is 35.6 Å². The van der Waals surface area contributed by atoms with E-state index in [0.717, 1.165) is 5.71 Å². The van der Waals surface area contributed by atoms with Crippen LogP contribution in [0.2, 0.25) is 0 Å². The van der Waals surface area contributed by atoms with E-state index in [9.17, 15) is 9.59 Å². The first-order chi connectivity index (χ1) is 9.08. The minimum atomic E-state index is -0.273. The molecule has 0 aromatic heterocycles. The van der Waals surface area contributed by atoms with Crippen LogP contribution in [0.4, 0.5) is 0 Å². The maximum absolute atomic E-state index is 12.0. The fraction of sp³-hybridized carbons (Fsp3) is 0.500. The smallest absolute Gasteiger partial charge is 0.235 e. The fourth-order valence-electron chi connectivity index (χ4n) is 3.19. The van der Waals surface area contributed by atoms with Crippen molar-refractivity contribution in [1.29, 1.82) is 0 Å². The predicted molar refractivity (Wildman–Crippen MR) is 71.2 cm³/mol. The van der Waals surface area contributed by atoms with E-state index in [4.69, 9.17) is 0 Å². The van der Waals surface area contributed by atoms with E-state index < -0.39 is 0 Å². The molecule has 0 aromatic carbocycles. The third kappa shape index (κ3) is 1.89. The fourth-order valence-corrected chi connectivity index (χ4v) is 3.19. The van der Waals surface area contributed by atoms with E-state index in [1.165, 1.54) is 5.57 Å². The van der Waals surface area contributed by atoms with Crippen LogP contribution in [0.1, 0.15) is 19.8 Å². The molecule has 2 heterocycles. The van der Waals surface area contributed by atoms with Crippen molar-refractivity contribution in [3.63, 3.8) is 0 Å². The number of hydrogen-bond donors (Lipinski definition) is 1. The molecule has 0 aromatic rings. The molecule has 0 bridgehead atoms. The SMILES string of the molecule is CC1=CC=CC2C(C3CCC(=O)NC3=O)=NN(C)C12. The van der Waals surface area contributed by atoms with Crippen LogP contribution in [0, 0.1) is 11.8 Å². The number of piperidine rings is 1. The Bertz CT molecular complexity index is 533. The van der Waals surface area contributed by atoms with Gasteiger partial charge in [0.25, 0.3) is 0 Å². The van der Waals surface area contributed by atoms with Crippen molar-refractivity contribution in [3.8, 4) is 0 Å². The van der Waals surface area contributed by atoms with Crippen molar-refractivity contribution in [2.24, 2.45) is 16.9 Å². The third-order valence-corrected chi connectivity index (χ3v) is 4.10. The molecule has 19 heavy (non-hydrogen) atoms. The number of amides is 2. The van der Waals surface area contributed by atoms with E-state index in [1.54, 1.807) is 0 Å². The van der Waals surface area contributed by atoms with Gasteiger partial charge in [0.2, 0.25) is 11.8 Å². The van der Waals surface area contributed by atoms with Gasteiger partial charge in [-0.05, 0) is 18.9 Å². The number of likely N-dealkylation sites (N-methyl/N-ethyl adjacent to an activating group) is 1. The summed E-state index contributed by atoms with van der Waals surface area (Å²) in [5.74, 6) is -0.505. The molecule has 100 valence electrons. The van der Waals surface area contributed by atoms with Crippen LogP contribution >= 0.6 is 0 Å². The number of carbonyl (C=O) groups excluding carboxylic acids is 2. The van der Waals surface area contributed by atoms with Gasteiger partial charge >= 0.3 is 0 Å². The Balaban J connectivity index is 1.88. The lowest BCUT2D eigenvalue weighted by molar-refractivity contribution is -0.134. The highest BCUT2D eigenvalue weighted by Crippen LogP contribution is 2.34. The Hall–Kier alpha value is -1.91. The van der Waals surface area contributed by atoms with Crippen LogP contribution < -0.4 is 5.32 Å². The lowest BCUT2D eigenvalue weighted by Crippen LogP contribution is -2.45. The average Bonchev–Trinajstić information content (AvgIpc) is 2.68. The Morgan fingerprint density at radius 2 is 2.21 bits per heavy atom. The highest BCUT2D eigenvalue weighted by atomic mass is 16.2. The van der Waals surface area contributed by atoms with E-state index in [-0.39, 0.29) is 29.7 Å². The predicted octanol–water partition coefficient (Wildman–Crippen LogP) is 0.841. The van der Waals surface area contributed by atoms with E-state index in [0.29, 0.717) is 12.8 Å². The number of hydrogen-bond acceptors (Lipinski definition) is 4. The number of fused-ring (bicyclic) bond motifs is 1. The van der Waals surface area contributed by atoms with Gasteiger partial charge in [0.15, 0.2) is 0 Å². The highest BCUT2D eigenvalue weighted by Gasteiger charge is 2.42. The normalized spacial score (nSPS) is 33.8. The van der Waals surface area contributed by atoms with Crippen molar-refractivity contribution in [3.05, 3.63) is 23.8 Å². The van der Waals surface area contributed by atoms with Gasteiger partial charge in [0, 0.05) is 19.4 Å². The summed E-state index contributed by atoms with van der Waals surface area (Å²) in [6.07, 6.45) is 7.17. The van der Waals surface area contributed by atoms with Crippen molar-refractivity contribution in [1.82, 2.24) is 10.3 Å². The van der Waals surface area contributed by atoms with Gasteiger partial charge in [-0.3, -0.25) is 19.9 Å². The number of imide groups is 1. The molecule has 3 rings (SSSR count). The highest BCUT2D eigenvalue weighted by molar-refractivity contribution is 6.12. The van der Waals surface area contributed by atoms with Gasteiger partial charge in [-0.2, -0.15) is 5.10 Å². The number of nitrogens with one attached hydrogen (secondary N) is 1. The number of allylic oxidation sites excluding steroid dienone is 2. The van der Waals surface area contributed by atoms with Gasteiger partial charge in [-0.15, -0.1) is 0 Å². The van der Waals surface area contributed by atoms with Crippen LogP contribution in [-0.2, 0) is 9.59 Å². The first-order valence-corrected chi connectivity index (χ1v) is 6.58. The quantitative estimate of drug-likeness (QED) is 0.710. The van der Waals surface area contributed by atoms with E-state index >= 15 is 0 Å². The molecule has 3 aliphatic rings. The third-order valence-electron chi connectivity index (χ3n) is 4.10. The zero-order valence-electron chi connectivity index (χ0n) is 11.1. The zero-order chi connectivity index (χ0) is 13.6. The van der Waals surface area contributed by atoms with Crippen molar-refractivity contribution >= 4 is 17.5 Å². The van der Waals surface area contributed by atoms with Gasteiger partial charge in [0.1, 0.15) is 0 Å². The maximum Gasteiger partial charge on any atom is 0.235 e. The number of carbonyl (C=O) groups is 2. The lowest BCUT2D eigenvalue weighted by atomic mass is 9.79. The number of rotatable bonds is 1. The van der Waals surface area contributed by atoms with Crippen molar-refractivity contribution in [2.45, 2.75) is 25.8 Å². The molecule has 5 nitrogen and oxygen atoms in total. The minimum Gasteiger partial charge on any atom is -0.296 e. The van der Waals surface area contributed by atoms with Gasteiger partial charge < -0.3 is 0 Å². The second kappa shape index (κ2) is 4.33. The summed E-state index contributed by atoms with van der Waals surface area (Å²) in [6, 6.07) is 0.213. The monoisotopic (exact) mass is 259 g/mol. The number of hydrazone groups is 1. The van der Waals surface area contributed by atoms with Crippen molar-refractivity contribution < 1.29 is 9.59 Å². The Kier molecular flexibility index (Phi) is 2.77. The van der Waals surface area contributed by atoms with E-state index in [1.807, 2.05) is 18.1 Å². The topological polar surface area (TPSA) is 61.8 Å². The molecule has 0 radical (unpaired) electrons. The molecule has 1 N–H and O–H groups in total. The molecule has 1 aliphatic carbocycles. The van der Waals surface area contributed by atoms with Gasteiger partial charge in [0.05, 0.1) is 17.7 Å². The minimum absolute atomic E-state index is 0.152. The Labute approximate surface area is 112 Å². The Morgan fingerprint density at radius 1 is 1.42 bits per heavy atom. The second-order valence-electron chi connectivity index (χ2n) is 5.37. The van der Waals surface area contributed by atoms with Crippen LogP contribution in [0.5, 0.6) is 0 Å². The second-order valence-corrected chi connectivity index (χ2v) is 5.37. The first kappa shape index (κ1) is 12.1. The Morgan fingerprint density at radius 3 is 2.95 bits per heavy atom. The summed E-state index contributed by atoms with van der Waals surface area (Å²) in [7, 11) is 1.94. The lowest BCUT2D eigenvalue weighted by Gasteiger charge is -2.28. The molecule has 2 amide bonds. The summed E-state index contributed by atoms with van der Waals surface area (Å²) >= 11 is 0. The van der Waals surface area contributed by atoms with E-state index in [2.05, 4.69) is 29.5 Å². The van der Waals surface area contributed by atoms with Crippen LogP contribution in [0.15, 0.2) is 28.9 Å². The molecule has 0 saturated carbocycles. The summed E-state index contributed by atoms with van der Waals surface area (Å²) < 4.78 is 0. The molecule has 3 atom stereocenters. The maximum atomic E-state index is 12.0. The molecular weight excluding hydrogens is 242 g/mol. The molecular formula is C14H17N3O2. The standard InChI is InChI=1S/C14H17N3O2/c1-8-4-3-5-9-12(16-17(2)13(8)9)10-6-7-11(18)15-14(10)19/h3-5,9-10,13H,6-7H2,1-2H3,(H,15,18,19). The van der Waals surface area contributed by atoms with Crippen LogP contribution in [0.25, 0.3) is 0 Å². The molecule has 5 heteroatoms. The van der Waals surface area contributed by atoms with Crippen molar-refractivity contribution in [2.75, 3.05) is 7.05 Å². The summed E-state index contributed by atoms with van der Waals surface area (Å²) in [5.41, 5.74) is 2.14. The first-order valence-electron chi connectivity index (χ1n) is 6.58. The molecule has 1 saturated heterocycles. The molecule has 3 unspecified atom stereocenters. The average molecular weight is 259 g/mol. The van der Waals surface area contributed by atoms with Crippen LogP contribution in [0.3, 0.4) is 0 Å². The largest absolute Gasteiger partial charge is 0.296 e. The summed E-state index contributed by atoms with van der Waals surface area (Å²) in [4.78, 5) is 23.2.